The number of carbonyl (C=O) groups excluding carboxylic acids is 1. The highest BCUT2D eigenvalue weighted by molar-refractivity contribution is 6.05. The van der Waals surface area contributed by atoms with E-state index in [1.165, 1.54) is 25.7 Å². The van der Waals surface area contributed by atoms with Crippen molar-refractivity contribution >= 4 is 16.9 Å². The smallest absolute Gasteiger partial charge is 0.254 e. The van der Waals surface area contributed by atoms with E-state index in [-0.39, 0.29) is 11.9 Å². The topological polar surface area (TPSA) is 63.1 Å². The lowest BCUT2D eigenvalue weighted by atomic mass is 9.97. The lowest BCUT2D eigenvalue weighted by molar-refractivity contribution is 0.0683. The summed E-state index contributed by atoms with van der Waals surface area (Å²) < 4.78 is 1.95. The van der Waals surface area contributed by atoms with Gasteiger partial charge in [-0.25, -0.2) is 9.67 Å². The van der Waals surface area contributed by atoms with Crippen LogP contribution < -0.4 is 5.32 Å². The zero-order valence-electron chi connectivity index (χ0n) is 16.5. The van der Waals surface area contributed by atoms with Crippen LogP contribution in [0.15, 0.2) is 12.3 Å². The van der Waals surface area contributed by atoms with Crippen molar-refractivity contribution < 1.29 is 4.79 Å². The maximum atomic E-state index is 13.5. The third-order valence-electron chi connectivity index (χ3n) is 6.62. The lowest BCUT2D eigenvalue weighted by Crippen LogP contribution is -2.48. The fourth-order valence-corrected chi connectivity index (χ4v) is 4.88. The molecule has 1 saturated carbocycles. The van der Waals surface area contributed by atoms with E-state index in [1.807, 2.05) is 28.9 Å². The number of hydrogen-bond donors (Lipinski definition) is 1. The molecule has 4 heterocycles. The van der Waals surface area contributed by atoms with E-state index in [4.69, 9.17) is 4.98 Å². The minimum absolute atomic E-state index is 0.124. The summed E-state index contributed by atoms with van der Waals surface area (Å²) in [5.41, 5.74) is 2.70. The Morgan fingerprint density at radius 1 is 1.22 bits per heavy atom. The summed E-state index contributed by atoms with van der Waals surface area (Å²) in [6, 6.07) is 3.74. The second-order valence-corrected chi connectivity index (χ2v) is 8.97. The fourth-order valence-electron chi connectivity index (χ4n) is 4.88. The Bertz CT molecular complexity index is 872. The van der Waals surface area contributed by atoms with Crippen LogP contribution in [0.5, 0.6) is 0 Å². The maximum absolute atomic E-state index is 13.5. The summed E-state index contributed by atoms with van der Waals surface area (Å²) in [5.74, 6) is 0.635. The number of pyridine rings is 1. The quantitative estimate of drug-likeness (QED) is 0.901. The van der Waals surface area contributed by atoms with Crippen molar-refractivity contribution in [1.82, 2.24) is 25.0 Å². The molecule has 1 aliphatic carbocycles. The predicted molar refractivity (Wildman–Crippen MR) is 105 cm³/mol. The molecule has 27 heavy (non-hydrogen) atoms. The van der Waals surface area contributed by atoms with E-state index < -0.39 is 0 Å². The molecule has 3 fully saturated rings. The van der Waals surface area contributed by atoms with Gasteiger partial charge < -0.3 is 10.2 Å². The summed E-state index contributed by atoms with van der Waals surface area (Å²) in [5, 5.41) is 9.10. The molecule has 5 rings (SSSR count). The second kappa shape index (κ2) is 6.30. The highest BCUT2D eigenvalue weighted by atomic mass is 16.2. The van der Waals surface area contributed by atoms with Gasteiger partial charge in [-0.15, -0.1) is 0 Å². The molecule has 2 unspecified atom stereocenters. The highest BCUT2D eigenvalue weighted by Crippen LogP contribution is 2.40. The SMILES string of the molecule is CC(C)n1ncc2c(C(=O)N(C)C3CC4CCC(C3)N4)cc(C3CC3)nc21. The molecule has 0 aromatic carbocycles. The van der Waals surface area contributed by atoms with Crippen molar-refractivity contribution in [2.75, 3.05) is 7.05 Å². The van der Waals surface area contributed by atoms with Crippen molar-refractivity contribution in [3.05, 3.63) is 23.5 Å². The number of nitrogens with zero attached hydrogens (tertiary/aromatic N) is 4. The van der Waals surface area contributed by atoms with Crippen molar-refractivity contribution in [1.29, 1.82) is 0 Å². The van der Waals surface area contributed by atoms with Gasteiger partial charge in [0, 0.05) is 42.8 Å². The van der Waals surface area contributed by atoms with Crippen LogP contribution in [0.2, 0.25) is 0 Å². The van der Waals surface area contributed by atoms with Crippen LogP contribution in [0.3, 0.4) is 0 Å². The number of aromatic nitrogens is 3. The second-order valence-electron chi connectivity index (χ2n) is 8.97. The Kier molecular flexibility index (Phi) is 4.00. The third-order valence-corrected chi connectivity index (χ3v) is 6.62. The van der Waals surface area contributed by atoms with Crippen LogP contribution in [0, 0.1) is 0 Å². The Labute approximate surface area is 160 Å². The van der Waals surface area contributed by atoms with Gasteiger partial charge in [-0.1, -0.05) is 0 Å². The number of fused-ring (bicyclic) bond motifs is 3. The average Bonchev–Trinajstić information content (AvgIpc) is 3.34. The summed E-state index contributed by atoms with van der Waals surface area (Å²) >= 11 is 0. The molecule has 2 aromatic heterocycles. The summed E-state index contributed by atoms with van der Waals surface area (Å²) in [7, 11) is 1.98. The number of carbonyl (C=O) groups is 1. The minimum Gasteiger partial charge on any atom is -0.339 e. The molecule has 2 bridgehead atoms. The van der Waals surface area contributed by atoms with Crippen LogP contribution in [-0.4, -0.2) is 50.7 Å². The Hall–Kier alpha value is -1.95. The zero-order chi connectivity index (χ0) is 18.7. The summed E-state index contributed by atoms with van der Waals surface area (Å²) in [6.45, 7) is 4.21. The van der Waals surface area contributed by atoms with Gasteiger partial charge in [0.05, 0.1) is 17.1 Å². The van der Waals surface area contributed by atoms with Gasteiger partial charge in [0.25, 0.3) is 5.91 Å². The van der Waals surface area contributed by atoms with E-state index in [0.717, 1.165) is 35.1 Å². The van der Waals surface area contributed by atoms with E-state index >= 15 is 0 Å². The number of rotatable bonds is 4. The molecule has 0 spiro atoms. The van der Waals surface area contributed by atoms with Crippen LogP contribution in [-0.2, 0) is 0 Å². The normalized spacial score (nSPS) is 27.5. The predicted octanol–water partition coefficient (Wildman–Crippen LogP) is 3.24. The average molecular weight is 367 g/mol. The maximum Gasteiger partial charge on any atom is 0.254 e. The van der Waals surface area contributed by atoms with Gasteiger partial charge in [-0.3, -0.25) is 4.79 Å². The molecule has 144 valence electrons. The first-order valence-electron chi connectivity index (χ1n) is 10.4. The van der Waals surface area contributed by atoms with Crippen molar-refractivity contribution in [3.63, 3.8) is 0 Å². The van der Waals surface area contributed by atoms with Crippen LogP contribution >= 0.6 is 0 Å². The summed E-state index contributed by atoms with van der Waals surface area (Å²) in [6.07, 6.45) is 8.80. The Morgan fingerprint density at radius 3 is 2.56 bits per heavy atom. The molecule has 6 heteroatoms. The Morgan fingerprint density at radius 2 is 1.93 bits per heavy atom. The molecule has 6 nitrogen and oxygen atoms in total. The van der Waals surface area contributed by atoms with Gasteiger partial charge in [0.15, 0.2) is 5.65 Å². The van der Waals surface area contributed by atoms with Crippen LogP contribution in [0.4, 0.5) is 0 Å². The first kappa shape index (κ1) is 17.2. The van der Waals surface area contributed by atoms with E-state index in [1.54, 1.807) is 0 Å². The standard InChI is InChI=1S/C21H29N5O/c1-12(2)26-20-18(11-22-26)17(10-19(24-20)13-4-5-13)21(27)25(3)16-8-14-6-7-15(9-16)23-14/h10-16,23H,4-9H2,1-3H3. The third kappa shape index (κ3) is 2.94. The molecule has 3 aliphatic rings. The molecular weight excluding hydrogens is 338 g/mol. The Balaban J connectivity index is 1.52. The molecule has 2 aromatic rings. The van der Waals surface area contributed by atoms with E-state index in [9.17, 15) is 4.79 Å². The largest absolute Gasteiger partial charge is 0.339 e. The summed E-state index contributed by atoms with van der Waals surface area (Å²) in [4.78, 5) is 20.4. The van der Waals surface area contributed by atoms with Crippen molar-refractivity contribution in [2.45, 2.75) is 82.5 Å². The van der Waals surface area contributed by atoms with Crippen molar-refractivity contribution in [2.24, 2.45) is 0 Å². The number of piperidine rings is 1. The number of nitrogens with one attached hydrogen (secondary N) is 1. The molecule has 1 N–H and O–H groups in total. The first-order chi connectivity index (χ1) is 13.0. The van der Waals surface area contributed by atoms with Gasteiger partial charge in [-0.2, -0.15) is 5.10 Å². The molecule has 0 radical (unpaired) electrons. The highest BCUT2D eigenvalue weighted by Gasteiger charge is 2.37. The van der Waals surface area contributed by atoms with E-state index in [0.29, 0.717) is 24.0 Å². The molecule has 2 atom stereocenters. The van der Waals surface area contributed by atoms with Gasteiger partial charge in [0.1, 0.15) is 0 Å². The van der Waals surface area contributed by atoms with Crippen LogP contribution in [0.25, 0.3) is 11.0 Å². The number of hydrogen-bond acceptors (Lipinski definition) is 4. The monoisotopic (exact) mass is 367 g/mol. The van der Waals surface area contributed by atoms with E-state index in [2.05, 4.69) is 24.3 Å². The molecule has 1 amide bonds. The van der Waals surface area contributed by atoms with Gasteiger partial charge in [-0.05, 0) is 58.4 Å². The fraction of sp³-hybridized carbons (Fsp3) is 0.667. The molecule has 2 aliphatic heterocycles. The minimum atomic E-state index is 0.124. The number of amides is 1. The lowest BCUT2D eigenvalue weighted by Gasteiger charge is -2.35. The first-order valence-corrected chi connectivity index (χ1v) is 10.4. The van der Waals surface area contributed by atoms with Gasteiger partial charge >= 0.3 is 0 Å². The van der Waals surface area contributed by atoms with Crippen LogP contribution in [0.1, 0.15) is 80.4 Å². The van der Waals surface area contributed by atoms with Gasteiger partial charge in [0.2, 0.25) is 0 Å². The molecular formula is C21H29N5O. The molecule has 2 saturated heterocycles. The van der Waals surface area contributed by atoms with Crippen molar-refractivity contribution in [3.8, 4) is 0 Å². The zero-order valence-corrected chi connectivity index (χ0v) is 16.5.